The minimum atomic E-state index is -0.118. The number of hydroxylamine groups is 2. The zero-order valence-electron chi connectivity index (χ0n) is 15.4. The Hall–Kier alpha value is -3.39. The first-order chi connectivity index (χ1) is 13.1. The normalized spacial score (nSPS) is 13.3. The van der Waals surface area contributed by atoms with Crippen LogP contribution >= 0.6 is 0 Å². The number of rotatable bonds is 4. The lowest BCUT2D eigenvalue weighted by atomic mass is 10.1. The molecule has 0 fully saturated rings. The van der Waals surface area contributed by atoms with E-state index in [1.54, 1.807) is 36.2 Å². The minimum Gasteiger partial charge on any atom is -0.355 e. The van der Waals surface area contributed by atoms with Gasteiger partial charge < -0.3 is 9.88 Å². The summed E-state index contributed by atoms with van der Waals surface area (Å²) < 4.78 is 3.80. The monoisotopic (exact) mass is 364 g/mol. The smallest absolute Gasteiger partial charge is 0.251 e. The van der Waals surface area contributed by atoms with Gasteiger partial charge in [-0.05, 0) is 12.1 Å². The number of carbonyl (C=O) groups is 1. The predicted octanol–water partition coefficient (Wildman–Crippen LogP) is 1.98. The fourth-order valence-corrected chi connectivity index (χ4v) is 3.18. The Morgan fingerprint density at radius 1 is 1.26 bits per heavy atom. The van der Waals surface area contributed by atoms with E-state index in [2.05, 4.69) is 15.4 Å². The van der Waals surface area contributed by atoms with Crippen LogP contribution in [-0.4, -0.2) is 44.5 Å². The van der Waals surface area contributed by atoms with Crippen molar-refractivity contribution in [1.29, 1.82) is 0 Å². The number of aromatic nitrogens is 4. The Bertz CT molecular complexity index is 1030. The summed E-state index contributed by atoms with van der Waals surface area (Å²) in [5.74, 6) is 0.704. The maximum Gasteiger partial charge on any atom is 0.251 e. The number of hydrogen-bond donors (Lipinski definition) is 1. The first-order valence-corrected chi connectivity index (χ1v) is 8.51. The predicted molar refractivity (Wildman–Crippen MR) is 101 cm³/mol. The molecule has 0 aliphatic carbocycles. The van der Waals surface area contributed by atoms with Crippen molar-refractivity contribution in [2.75, 3.05) is 14.2 Å². The summed E-state index contributed by atoms with van der Waals surface area (Å²) in [6.07, 6.45) is 7.51. The number of aryl methyl sites for hydroxylation is 1. The van der Waals surface area contributed by atoms with E-state index < -0.39 is 0 Å². The zero-order valence-corrected chi connectivity index (χ0v) is 15.4. The molecule has 0 bridgehead atoms. The molecule has 0 spiro atoms. The number of nitrogens with one attached hydrogen (secondary N) is 1. The summed E-state index contributed by atoms with van der Waals surface area (Å²) in [6, 6.07) is 7.49. The number of hydrogen-bond acceptors (Lipinski definition) is 5. The van der Waals surface area contributed by atoms with Gasteiger partial charge >= 0.3 is 0 Å². The van der Waals surface area contributed by atoms with Crippen LogP contribution in [0.15, 0.2) is 42.9 Å². The molecule has 8 heteroatoms. The molecule has 1 amide bonds. The number of carbonyl (C=O) groups excluding carboxylic acids is 1. The van der Waals surface area contributed by atoms with Crippen LogP contribution in [0.2, 0.25) is 0 Å². The molecular weight excluding hydrogens is 344 g/mol. The van der Waals surface area contributed by atoms with Crippen molar-refractivity contribution >= 4 is 17.7 Å². The molecule has 0 saturated heterocycles. The Morgan fingerprint density at radius 3 is 2.81 bits per heavy atom. The van der Waals surface area contributed by atoms with Crippen LogP contribution in [0, 0.1) is 0 Å². The van der Waals surface area contributed by atoms with Crippen LogP contribution in [0.25, 0.3) is 23.0 Å². The summed E-state index contributed by atoms with van der Waals surface area (Å²) in [7, 11) is 5.14. The highest BCUT2D eigenvalue weighted by Gasteiger charge is 2.23. The summed E-state index contributed by atoms with van der Waals surface area (Å²) in [5, 5.41) is 8.67. The van der Waals surface area contributed by atoms with Crippen molar-refractivity contribution in [3.05, 3.63) is 59.8 Å². The molecule has 27 heavy (non-hydrogen) atoms. The molecule has 3 heterocycles. The Labute approximate surface area is 156 Å². The van der Waals surface area contributed by atoms with E-state index in [0.29, 0.717) is 12.2 Å². The highest BCUT2D eigenvalue weighted by Crippen LogP contribution is 2.31. The van der Waals surface area contributed by atoms with Crippen molar-refractivity contribution in [3.63, 3.8) is 0 Å². The van der Waals surface area contributed by atoms with Crippen molar-refractivity contribution in [3.8, 4) is 11.3 Å². The molecule has 0 saturated carbocycles. The molecule has 138 valence electrons. The van der Waals surface area contributed by atoms with E-state index in [1.165, 1.54) is 0 Å². The number of nitrogens with zero attached hydrogens (tertiary/aromatic N) is 5. The fourth-order valence-electron chi connectivity index (χ4n) is 3.18. The molecule has 0 atom stereocenters. The molecule has 4 rings (SSSR count). The van der Waals surface area contributed by atoms with E-state index in [1.807, 2.05) is 48.3 Å². The molecule has 1 aliphatic rings. The van der Waals surface area contributed by atoms with Crippen LogP contribution in [-0.2, 0) is 18.6 Å². The molecular formula is C19H20N6O2. The van der Waals surface area contributed by atoms with Crippen molar-refractivity contribution < 1.29 is 9.63 Å². The van der Waals surface area contributed by atoms with Crippen LogP contribution in [0.3, 0.4) is 0 Å². The third kappa shape index (κ3) is 3.00. The maximum absolute atomic E-state index is 11.9. The van der Waals surface area contributed by atoms with Gasteiger partial charge in [0.15, 0.2) is 0 Å². The van der Waals surface area contributed by atoms with E-state index in [4.69, 9.17) is 4.84 Å². The fraction of sp³-hybridized carbons (Fsp3) is 0.211. The zero-order chi connectivity index (χ0) is 19.0. The second-order valence-corrected chi connectivity index (χ2v) is 6.22. The average Bonchev–Trinajstić information content (AvgIpc) is 3.32. The third-order valence-corrected chi connectivity index (χ3v) is 4.56. The van der Waals surface area contributed by atoms with Crippen LogP contribution in [0.1, 0.15) is 21.7 Å². The minimum absolute atomic E-state index is 0.118. The van der Waals surface area contributed by atoms with Gasteiger partial charge in [-0.25, -0.2) is 10.0 Å². The van der Waals surface area contributed by atoms with Crippen LogP contribution < -0.4 is 5.32 Å². The average molecular weight is 364 g/mol. The molecule has 0 unspecified atom stereocenters. The Balaban J connectivity index is 1.76. The van der Waals surface area contributed by atoms with E-state index >= 15 is 0 Å². The van der Waals surface area contributed by atoms with Gasteiger partial charge in [0.05, 0.1) is 30.9 Å². The second kappa shape index (κ2) is 6.73. The van der Waals surface area contributed by atoms with Crippen molar-refractivity contribution in [2.45, 2.75) is 6.67 Å². The van der Waals surface area contributed by atoms with Gasteiger partial charge in [-0.3, -0.25) is 14.3 Å². The quantitative estimate of drug-likeness (QED) is 0.766. The van der Waals surface area contributed by atoms with Gasteiger partial charge in [0.2, 0.25) is 0 Å². The molecule has 1 N–H and O–H groups in total. The van der Waals surface area contributed by atoms with Crippen LogP contribution in [0.5, 0.6) is 0 Å². The van der Waals surface area contributed by atoms with Gasteiger partial charge in [-0.2, -0.15) is 5.10 Å². The van der Waals surface area contributed by atoms with Crippen molar-refractivity contribution in [1.82, 2.24) is 29.7 Å². The van der Waals surface area contributed by atoms with Gasteiger partial charge in [-0.1, -0.05) is 12.1 Å². The lowest BCUT2D eigenvalue weighted by Gasteiger charge is -2.29. The van der Waals surface area contributed by atoms with E-state index in [-0.39, 0.29) is 5.91 Å². The highest BCUT2D eigenvalue weighted by atomic mass is 16.7. The van der Waals surface area contributed by atoms with Gasteiger partial charge in [-0.15, -0.1) is 0 Å². The highest BCUT2D eigenvalue weighted by molar-refractivity contribution is 5.95. The summed E-state index contributed by atoms with van der Waals surface area (Å²) >= 11 is 0. The van der Waals surface area contributed by atoms with Gasteiger partial charge in [0.1, 0.15) is 12.5 Å². The van der Waals surface area contributed by atoms with Gasteiger partial charge in [0, 0.05) is 43.1 Å². The largest absolute Gasteiger partial charge is 0.355 e. The maximum atomic E-state index is 11.9. The van der Waals surface area contributed by atoms with E-state index in [9.17, 15) is 4.79 Å². The molecule has 1 aliphatic heterocycles. The number of benzene rings is 1. The van der Waals surface area contributed by atoms with Crippen molar-refractivity contribution in [2.24, 2.45) is 7.05 Å². The summed E-state index contributed by atoms with van der Waals surface area (Å²) in [5.41, 5.74) is 4.30. The standard InChI is InChI=1S/C19H20N6O2/c1-20-19(26)14-6-4-5-13(7-14)17-10-21-18-8-16(15-9-22-23(2)11-15)25(27-3)12-24(17)18/h4-11H,12H2,1-3H3,(H,20,26). The number of fused-ring (bicyclic) bond motifs is 1. The van der Waals surface area contributed by atoms with E-state index in [0.717, 1.165) is 28.3 Å². The molecule has 1 aromatic carbocycles. The van der Waals surface area contributed by atoms with Crippen LogP contribution in [0.4, 0.5) is 0 Å². The molecule has 0 radical (unpaired) electrons. The van der Waals surface area contributed by atoms with Gasteiger partial charge in [0.25, 0.3) is 5.91 Å². The summed E-state index contributed by atoms with van der Waals surface area (Å²) in [4.78, 5) is 22.1. The Morgan fingerprint density at radius 2 is 2.11 bits per heavy atom. The number of imidazole rings is 1. The molecule has 3 aromatic rings. The SMILES string of the molecule is CNC(=O)c1cccc(-c2cnc3n2CN(OC)C(c2cnn(C)c2)=C3)c1. The lowest BCUT2D eigenvalue weighted by Crippen LogP contribution is -2.28. The first kappa shape index (κ1) is 17.0. The third-order valence-electron chi connectivity index (χ3n) is 4.56. The summed E-state index contributed by atoms with van der Waals surface area (Å²) in [6.45, 7) is 0.478. The Kier molecular flexibility index (Phi) is 4.25. The molecule has 8 nitrogen and oxygen atoms in total. The number of amides is 1. The topological polar surface area (TPSA) is 77.2 Å². The lowest BCUT2D eigenvalue weighted by molar-refractivity contribution is -0.0997. The second-order valence-electron chi connectivity index (χ2n) is 6.22. The first-order valence-electron chi connectivity index (χ1n) is 8.51. The molecule has 2 aromatic heterocycles.